The van der Waals surface area contributed by atoms with E-state index in [2.05, 4.69) is 10.4 Å². The second-order valence-electron chi connectivity index (χ2n) is 3.88. The number of aliphatic hydroxyl groups excluding tert-OH is 3. The Hall–Kier alpha value is -1.52. The fourth-order valence-electron chi connectivity index (χ4n) is 1.80. The molecule has 1 aliphatic rings. The molecule has 4 atom stereocenters. The first-order valence-electron chi connectivity index (χ1n) is 5.26. The third-order valence-corrected chi connectivity index (χ3v) is 2.77. The molecular weight excluding hydrogens is 244 g/mol. The lowest BCUT2D eigenvalue weighted by atomic mass is 10.1. The summed E-state index contributed by atoms with van der Waals surface area (Å²) in [6.45, 7) is -0.459. The Balaban J connectivity index is 2.30. The molecule has 1 aromatic rings. The number of rotatable bonds is 3. The topological polar surface area (TPSA) is 143 Å². The third kappa shape index (κ3) is 2.09. The van der Waals surface area contributed by atoms with Gasteiger partial charge in [0.25, 0.3) is 0 Å². The molecule has 1 saturated heterocycles. The number of ether oxygens (including phenoxy) is 1. The minimum absolute atomic E-state index is 0.169. The van der Waals surface area contributed by atoms with E-state index in [0.29, 0.717) is 0 Å². The third-order valence-electron chi connectivity index (χ3n) is 2.77. The predicted molar refractivity (Wildman–Crippen MR) is 59.3 cm³/mol. The van der Waals surface area contributed by atoms with Crippen molar-refractivity contribution in [3.05, 3.63) is 22.7 Å². The highest BCUT2D eigenvalue weighted by Gasteiger charge is 2.43. The molecule has 18 heavy (non-hydrogen) atoms. The molecule has 0 aromatic carbocycles. The van der Waals surface area contributed by atoms with E-state index in [9.17, 15) is 15.0 Å². The number of anilines is 1. The second-order valence-corrected chi connectivity index (χ2v) is 3.88. The SMILES string of the molecule is NNc1ccn([C@H]2O[C@@H](CO)[C@@H](O)[C@@H]2O)c(=O)n1. The first-order chi connectivity index (χ1) is 8.58. The van der Waals surface area contributed by atoms with Crippen molar-refractivity contribution in [1.82, 2.24) is 9.55 Å². The molecule has 1 fully saturated rings. The Labute approximate surface area is 101 Å². The highest BCUT2D eigenvalue weighted by atomic mass is 16.6. The van der Waals surface area contributed by atoms with Crippen molar-refractivity contribution >= 4 is 5.82 Å². The molecule has 9 heteroatoms. The molecule has 0 spiro atoms. The van der Waals surface area contributed by atoms with Gasteiger partial charge in [-0.2, -0.15) is 4.98 Å². The monoisotopic (exact) mass is 258 g/mol. The lowest BCUT2D eigenvalue weighted by molar-refractivity contribution is -0.0549. The Morgan fingerprint density at radius 3 is 2.72 bits per heavy atom. The van der Waals surface area contributed by atoms with Crippen LogP contribution >= 0.6 is 0 Å². The average Bonchev–Trinajstić information content (AvgIpc) is 2.66. The van der Waals surface area contributed by atoms with Crippen molar-refractivity contribution < 1.29 is 20.1 Å². The molecule has 0 amide bonds. The molecule has 2 heterocycles. The fourth-order valence-corrected chi connectivity index (χ4v) is 1.80. The summed E-state index contributed by atoms with van der Waals surface area (Å²) in [5, 5.41) is 28.3. The van der Waals surface area contributed by atoms with Gasteiger partial charge < -0.3 is 25.5 Å². The Morgan fingerprint density at radius 2 is 2.22 bits per heavy atom. The van der Waals surface area contributed by atoms with E-state index in [1.54, 1.807) is 0 Å². The van der Waals surface area contributed by atoms with Gasteiger partial charge in [-0.25, -0.2) is 10.6 Å². The van der Waals surface area contributed by atoms with Crippen molar-refractivity contribution in [3.63, 3.8) is 0 Å². The summed E-state index contributed by atoms with van der Waals surface area (Å²) >= 11 is 0. The number of hydrazine groups is 1. The Kier molecular flexibility index (Phi) is 3.59. The maximum atomic E-state index is 11.7. The van der Waals surface area contributed by atoms with Gasteiger partial charge in [0.05, 0.1) is 6.61 Å². The van der Waals surface area contributed by atoms with Gasteiger partial charge in [0.15, 0.2) is 6.23 Å². The van der Waals surface area contributed by atoms with Crippen molar-refractivity contribution in [1.29, 1.82) is 0 Å². The summed E-state index contributed by atoms with van der Waals surface area (Å²) in [7, 11) is 0. The van der Waals surface area contributed by atoms with E-state index in [4.69, 9.17) is 15.7 Å². The number of aliphatic hydroxyl groups is 3. The molecule has 1 aliphatic heterocycles. The highest BCUT2D eigenvalue weighted by molar-refractivity contribution is 5.29. The Morgan fingerprint density at radius 1 is 1.50 bits per heavy atom. The standard InChI is InChI=1S/C9H14N4O5/c10-12-5-1-2-13(9(17)11-5)8-7(16)6(15)4(3-14)18-8/h1-2,4,6-8,14-16H,3,10H2,(H,11,12,17)/t4-,6+,7-,8-/m0/s1. The number of aromatic nitrogens is 2. The predicted octanol–water partition coefficient (Wildman–Crippen LogP) is -2.86. The van der Waals surface area contributed by atoms with E-state index in [1.807, 2.05) is 0 Å². The van der Waals surface area contributed by atoms with E-state index < -0.39 is 36.8 Å². The first-order valence-corrected chi connectivity index (χ1v) is 5.26. The molecular formula is C9H14N4O5. The number of nitrogens with two attached hydrogens (primary N) is 1. The van der Waals surface area contributed by atoms with Gasteiger partial charge in [0.1, 0.15) is 24.1 Å². The van der Waals surface area contributed by atoms with Gasteiger partial charge in [-0.1, -0.05) is 0 Å². The van der Waals surface area contributed by atoms with Crippen LogP contribution in [0.25, 0.3) is 0 Å². The minimum atomic E-state index is -1.32. The lowest BCUT2D eigenvalue weighted by Crippen LogP contribution is -2.36. The normalized spacial score (nSPS) is 31.6. The molecule has 0 aliphatic carbocycles. The molecule has 2 rings (SSSR count). The molecule has 0 bridgehead atoms. The Bertz CT molecular complexity index is 478. The van der Waals surface area contributed by atoms with Crippen LogP contribution in [0.15, 0.2) is 17.1 Å². The molecule has 0 unspecified atom stereocenters. The summed E-state index contributed by atoms with van der Waals surface area (Å²) < 4.78 is 6.22. The van der Waals surface area contributed by atoms with Gasteiger partial charge in [-0.3, -0.25) is 4.57 Å². The molecule has 6 N–H and O–H groups in total. The number of hydrogen-bond donors (Lipinski definition) is 5. The fraction of sp³-hybridized carbons (Fsp3) is 0.556. The molecule has 0 saturated carbocycles. The second kappa shape index (κ2) is 5.00. The largest absolute Gasteiger partial charge is 0.394 e. The van der Waals surface area contributed by atoms with Crippen LogP contribution in [0.4, 0.5) is 5.82 Å². The van der Waals surface area contributed by atoms with Crippen LogP contribution in [0.3, 0.4) is 0 Å². The number of nitrogens with zero attached hydrogens (tertiary/aromatic N) is 2. The maximum absolute atomic E-state index is 11.7. The molecule has 0 radical (unpaired) electrons. The summed E-state index contributed by atoms with van der Waals surface area (Å²) in [5.74, 6) is 5.27. The van der Waals surface area contributed by atoms with Gasteiger partial charge in [-0.05, 0) is 6.07 Å². The first kappa shape index (κ1) is 12.9. The van der Waals surface area contributed by atoms with Gasteiger partial charge in [0.2, 0.25) is 0 Å². The molecule has 9 nitrogen and oxygen atoms in total. The smallest absolute Gasteiger partial charge is 0.351 e. The van der Waals surface area contributed by atoms with Crippen LogP contribution < -0.4 is 17.0 Å². The number of nitrogens with one attached hydrogen (secondary N) is 1. The van der Waals surface area contributed by atoms with Crippen LogP contribution in [-0.4, -0.2) is 49.8 Å². The molecule has 100 valence electrons. The van der Waals surface area contributed by atoms with Crippen molar-refractivity contribution in [2.45, 2.75) is 24.5 Å². The summed E-state index contributed by atoms with van der Waals surface area (Å²) in [5.41, 5.74) is 1.51. The zero-order valence-corrected chi connectivity index (χ0v) is 9.30. The van der Waals surface area contributed by atoms with Crippen molar-refractivity contribution in [2.24, 2.45) is 5.84 Å². The summed E-state index contributed by atoms with van der Waals surface area (Å²) in [4.78, 5) is 15.2. The highest BCUT2D eigenvalue weighted by Crippen LogP contribution is 2.27. The van der Waals surface area contributed by atoms with Crippen LogP contribution in [-0.2, 0) is 4.74 Å². The molecule has 1 aromatic heterocycles. The minimum Gasteiger partial charge on any atom is -0.394 e. The number of hydrogen-bond acceptors (Lipinski definition) is 8. The van der Waals surface area contributed by atoms with Crippen LogP contribution in [0, 0.1) is 0 Å². The lowest BCUT2D eigenvalue weighted by Gasteiger charge is -2.17. The van der Waals surface area contributed by atoms with Crippen LogP contribution in [0.1, 0.15) is 6.23 Å². The van der Waals surface area contributed by atoms with Gasteiger partial charge >= 0.3 is 5.69 Å². The van der Waals surface area contributed by atoms with Crippen LogP contribution in [0.5, 0.6) is 0 Å². The van der Waals surface area contributed by atoms with E-state index in [0.717, 1.165) is 4.57 Å². The summed E-state index contributed by atoms with van der Waals surface area (Å²) in [6.07, 6.45) is -3.30. The van der Waals surface area contributed by atoms with Crippen LogP contribution in [0.2, 0.25) is 0 Å². The quantitative estimate of drug-likeness (QED) is 0.288. The van der Waals surface area contributed by atoms with E-state index in [-0.39, 0.29) is 5.82 Å². The number of nitrogen functional groups attached to an aromatic ring is 1. The maximum Gasteiger partial charge on any atom is 0.351 e. The van der Waals surface area contributed by atoms with Crippen molar-refractivity contribution in [2.75, 3.05) is 12.0 Å². The van der Waals surface area contributed by atoms with E-state index >= 15 is 0 Å². The van der Waals surface area contributed by atoms with Gasteiger partial charge in [0, 0.05) is 6.20 Å². The average molecular weight is 258 g/mol. The van der Waals surface area contributed by atoms with Crippen molar-refractivity contribution in [3.8, 4) is 0 Å². The zero-order chi connectivity index (χ0) is 13.3. The van der Waals surface area contributed by atoms with E-state index in [1.165, 1.54) is 12.3 Å². The zero-order valence-electron chi connectivity index (χ0n) is 9.30. The van der Waals surface area contributed by atoms with Gasteiger partial charge in [-0.15, -0.1) is 0 Å². The summed E-state index contributed by atoms with van der Waals surface area (Å²) in [6, 6.07) is 1.41.